The minimum absolute atomic E-state index is 0.146. The first kappa shape index (κ1) is 11.8. The highest BCUT2D eigenvalue weighted by Gasteiger charge is 2.27. The molecule has 1 N–H and O–H groups in total. The predicted octanol–water partition coefficient (Wildman–Crippen LogP) is 1.17. The van der Waals surface area contributed by atoms with Crippen molar-refractivity contribution in [2.45, 2.75) is 38.6 Å². The smallest absolute Gasteiger partial charge is 0.263 e. The predicted molar refractivity (Wildman–Crippen MR) is 63.8 cm³/mol. The Morgan fingerprint density at radius 1 is 1.59 bits per heavy atom. The number of aromatic amines is 1. The van der Waals surface area contributed by atoms with E-state index in [1.54, 1.807) is 0 Å². The summed E-state index contributed by atoms with van der Waals surface area (Å²) in [5, 5.41) is 0. The zero-order chi connectivity index (χ0) is 12.3. The van der Waals surface area contributed by atoms with Gasteiger partial charge in [0.25, 0.3) is 11.5 Å². The lowest BCUT2D eigenvalue weighted by atomic mass is 9.99. The van der Waals surface area contributed by atoms with Gasteiger partial charge < -0.3 is 9.88 Å². The summed E-state index contributed by atoms with van der Waals surface area (Å²) < 4.78 is 0. The van der Waals surface area contributed by atoms with Crippen LogP contribution in [0.2, 0.25) is 0 Å². The van der Waals surface area contributed by atoms with Crippen LogP contribution in [0.25, 0.3) is 0 Å². The summed E-state index contributed by atoms with van der Waals surface area (Å²) in [4.78, 5) is 31.9. The highest BCUT2D eigenvalue weighted by molar-refractivity contribution is 5.93. The van der Waals surface area contributed by atoms with Crippen molar-refractivity contribution in [1.29, 1.82) is 0 Å². The molecule has 1 aromatic heterocycles. The van der Waals surface area contributed by atoms with Crippen LogP contribution < -0.4 is 5.56 Å². The molecule has 2 rings (SSSR count). The minimum Gasteiger partial charge on any atom is -0.335 e. The molecule has 1 aromatic rings. The van der Waals surface area contributed by atoms with Gasteiger partial charge >= 0.3 is 0 Å². The van der Waals surface area contributed by atoms with Gasteiger partial charge in [-0.25, -0.2) is 4.98 Å². The van der Waals surface area contributed by atoms with Crippen LogP contribution >= 0.6 is 0 Å². The van der Waals surface area contributed by atoms with E-state index in [0.717, 1.165) is 32.2 Å². The van der Waals surface area contributed by atoms with Gasteiger partial charge in [0, 0.05) is 18.8 Å². The molecule has 2 heterocycles. The molecule has 1 aliphatic rings. The van der Waals surface area contributed by atoms with E-state index in [-0.39, 0.29) is 23.1 Å². The maximum Gasteiger partial charge on any atom is 0.263 e. The number of likely N-dealkylation sites (tertiary alicyclic amines) is 1. The number of piperidine rings is 1. The van der Waals surface area contributed by atoms with E-state index in [1.165, 1.54) is 12.5 Å². The maximum absolute atomic E-state index is 12.3. The lowest BCUT2D eigenvalue weighted by Crippen LogP contribution is -2.45. The summed E-state index contributed by atoms with van der Waals surface area (Å²) >= 11 is 0. The first-order valence-electron chi connectivity index (χ1n) is 6.07. The monoisotopic (exact) mass is 235 g/mol. The summed E-state index contributed by atoms with van der Waals surface area (Å²) in [7, 11) is 0. The van der Waals surface area contributed by atoms with Gasteiger partial charge in [0.05, 0.1) is 6.33 Å². The van der Waals surface area contributed by atoms with Crippen molar-refractivity contribution in [3.8, 4) is 0 Å². The SMILES string of the molecule is CCC1CCCCN1C(=O)c1cnc[nH]c1=O. The van der Waals surface area contributed by atoms with Gasteiger partial charge in [-0.15, -0.1) is 0 Å². The van der Waals surface area contributed by atoms with Crippen LogP contribution in [0.5, 0.6) is 0 Å². The average Bonchev–Trinajstić information content (AvgIpc) is 2.38. The number of hydrogen-bond acceptors (Lipinski definition) is 3. The number of nitrogens with zero attached hydrogens (tertiary/aromatic N) is 2. The van der Waals surface area contributed by atoms with E-state index in [2.05, 4.69) is 16.9 Å². The number of nitrogens with one attached hydrogen (secondary N) is 1. The van der Waals surface area contributed by atoms with Gasteiger partial charge in [-0.3, -0.25) is 9.59 Å². The number of amides is 1. The summed E-state index contributed by atoms with van der Waals surface area (Å²) in [6, 6.07) is 0.260. The van der Waals surface area contributed by atoms with E-state index < -0.39 is 0 Å². The van der Waals surface area contributed by atoms with Crippen LogP contribution in [0, 0.1) is 0 Å². The van der Waals surface area contributed by atoms with Crippen molar-refractivity contribution in [2.24, 2.45) is 0 Å². The summed E-state index contributed by atoms with van der Waals surface area (Å²) in [6.07, 6.45) is 6.78. The van der Waals surface area contributed by atoms with Gasteiger partial charge in [0.15, 0.2) is 0 Å². The molecule has 0 aromatic carbocycles. The highest BCUT2D eigenvalue weighted by Crippen LogP contribution is 2.20. The topological polar surface area (TPSA) is 66.1 Å². The van der Waals surface area contributed by atoms with Crippen LogP contribution in [0.3, 0.4) is 0 Å². The Bertz CT molecular complexity index is 455. The molecule has 0 radical (unpaired) electrons. The number of carbonyl (C=O) groups excluding carboxylic acids is 1. The van der Waals surface area contributed by atoms with Crippen molar-refractivity contribution in [2.75, 3.05) is 6.54 Å². The van der Waals surface area contributed by atoms with Crippen molar-refractivity contribution in [1.82, 2.24) is 14.9 Å². The second kappa shape index (κ2) is 5.12. The van der Waals surface area contributed by atoms with Crippen molar-refractivity contribution >= 4 is 5.91 Å². The third-order valence-corrected chi connectivity index (χ3v) is 3.31. The first-order valence-corrected chi connectivity index (χ1v) is 6.07. The van der Waals surface area contributed by atoms with E-state index in [0.29, 0.717) is 0 Å². The second-order valence-electron chi connectivity index (χ2n) is 4.35. The normalized spacial score (nSPS) is 20.3. The van der Waals surface area contributed by atoms with Gasteiger partial charge in [-0.1, -0.05) is 6.92 Å². The van der Waals surface area contributed by atoms with Gasteiger partial charge in [-0.05, 0) is 25.7 Å². The van der Waals surface area contributed by atoms with Crippen LogP contribution in [-0.4, -0.2) is 33.4 Å². The standard InChI is InChI=1S/C12H17N3O2/c1-2-9-5-3-4-6-15(9)12(17)10-7-13-8-14-11(10)16/h7-9H,2-6H2,1H3,(H,13,14,16). The quantitative estimate of drug-likeness (QED) is 0.837. The molecule has 1 saturated heterocycles. The maximum atomic E-state index is 12.3. The minimum atomic E-state index is -0.356. The number of aromatic nitrogens is 2. The van der Waals surface area contributed by atoms with Crippen LogP contribution in [0.15, 0.2) is 17.3 Å². The molecule has 92 valence electrons. The molecule has 1 amide bonds. The third kappa shape index (κ3) is 2.38. The Balaban J connectivity index is 2.24. The van der Waals surface area contributed by atoms with Crippen molar-refractivity contribution in [3.05, 3.63) is 28.4 Å². The molecule has 0 bridgehead atoms. The van der Waals surface area contributed by atoms with Gasteiger partial charge in [0.2, 0.25) is 0 Å². The zero-order valence-corrected chi connectivity index (χ0v) is 9.98. The molecule has 0 aliphatic carbocycles. The molecule has 1 unspecified atom stereocenters. The van der Waals surface area contributed by atoms with Gasteiger partial charge in [-0.2, -0.15) is 0 Å². The van der Waals surface area contributed by atoms with Gasteiger partial charge in [0.1, 0.15) is 5.56 Å². The van der Waals surface area contributed by atoms with Crippen molar-refractivity contribution < 1.29 is 4.79 Å². The number of rotatable bonds is 2. The lowest BCUT2D eigenvalue weighted by Gasteiger charge is -2.35. The fraction of sp³-hybridized carbons (Fsp3) is 0.583. The Morgan fingerprint density at radius 2 is 2.41 bits per heavy atom. The largest absolute Gasteiger partial charge is 0.335 e. The van der Waals surface area contributed by atoms with Crippen LogP contribution in [0.4, 0.5) is 0 Å². The summed E-state index contributed by atoms with van der Waals surface area (Å²) in [6.45, 7) is 2.81. The number of H-pyrrole nitrogens is 1. The summed E-state index contributed by atoms with van der Waals surface area (Å²) in [5.41, 5.74) is -0.210. The van der Waals surface area contributed by atoms with E-state index in [1.807, 2.05) is 4.90 Å². The number of hydrogen-bond donors (Lipinski definition) is 1. The fourth-order valence-electron chi connectivity index (χ4n) is 2.34. The second-order valence-corrected chi connectivity index (χ2v) is 4.35. The zero-order valence-electron chi connectivity index (χ0n) is 9.98. The number of carbonyl (C=O) groups is 1. The molecular weight excluding hydrogens is 218 g/mol. The van der Waals surface area contributed by atoms with Crippen molar-refractivity contribution in [3.63, 3.8) is 0 Å². The molecule has 5 nitrogen and oxygen atoms in total. The molecule has 0 saturated carbocycles. The molecule has 17 heavy (non-hydrogen) atoms. The fourth-order valence-corrected chi connectivity index (χ4v) is 2.34. The molecule has 1 aliphatic heterocycles. The Kier molecular flexibility index (Phi) is 3.56. The summed E-state index contributed by atoms with van der Waals surface area (Å²) in [5.74, 6) is -0.189. The van der Waals surface area contributed by atoms with E-state index in [9.17, 15) is 9.59 Å². The Labute approximate surface area is 99.9 Å². The van der Waals surface area contributed by atoms with Crippen LogP contribution in [0.1, 0.15) is 43.0 Å². The molecular formula is C12H17N3O2. The highest BCUT2D eigenvalue weighted by atomic mass is 16.2. The third-order valence-electron chi connectivity index (χ3n) is 3.31. The average molecular weight is 235 g/mol. The molecule has 1 atom stereocenters. The van der Waals surface area contributed by atoms with E-state index >= 15 is 0 Å². The molecule has 0 spiro atoms. The molecule has 5 heteroatoms. The van der Waals surface area contributed by atoms with E-state index in [4.69, 9.17) is 0 Å². The van der Waals surface area contributed by atoms with Crippen LogP contribution in [-0.2, 0) is 0 Å². The lowest BCUT2D eigenvalue weighted by molar-refractivity contribution is 0.0605. The first-order chi connectivity index (χ1) is 8.24. The Hall–Kier alpha value is -1.65. The Morgan fingerprint density at radius 3 is 3.12 bits per heavy atom. The molecule has 1 fully saturated rings.